The third-order valence-electron chi connectivity index (χ3n) is 4.51. The van der Waals surface area contributed by atoms with Gasteiger partial charge >= 0.3 is 6.03 Å². The number of urea groups is 1. The summed E-state index contributed by atoms with van der Waals surface area (Å²) in [6, 6.07) is 14.7. The van der Waals surface area contributed by atoms with Crippen LogP contribution in [0.1, 0.15) is 16.1 Å². The number of hydrogen-bond donors (Lipinski definition) is 1. The van der Waals surface area contributed by atoms with Crippen LogP contribution >= 0.6 is 15.9 Å². The van der Waals surface area contributed by atoms with E-state index in [0.29, 0.717) is 5.56 Å². The molecule has 1 aliphatic rings. The summed E-state index contributed by atoms with van der Waals surface area (Å²) < 4.78 is 6.39. The second-order valence-corrected chi connectivity index (χ2v) is 7.39. The smallest absolute Gasteiger partial charge is 0.335 e. The van der Waals surface area contributed by atoms with Crippen molar-refractivity contribution in [3.05, 3.63) is 82.0 Å². The molecule has 0 aliphatic carbocycles. The average molecular weight is 480 g/mol. The van der Waals surface area contributed by atoms with Crippen LogP contribution in [0.2, 0.25) is 0 Å². The van der Waals surface area contributed by atoms with Crippen molar-refractivity contribution in [2.45, 2.75) is 0 Å². The Morgan fingerprint density at radius 3 is 2.42 bits per heavy atom. The van der Waals surface area contributed by atoms with Gasteiger partial charge in [-0.25, -0.2) is 9.69 Å². The number of anilines is 1. The molecule has 0 radical (unpaired) electrons. The Kier molecular flexibility index (Phi) is 5.26. The van der Waals surface area contributed by atoms with Gasteiger partial charge in [-0.05, 0) is 42.5 Å². The second kappa shape index (κ2) is 8.04. The molecule has 9 heteroatoms. The standard InChI is InChI=1S/C22H13BrN2O6/c23-12-5-7-13(8-6-12)25-20(27)17(19(26)24-22(25)30)11-14-9-10-18(31-14)15-3-1-2-4-16(15)21(28)29/h1-11H,(H,28,29)(H,24,26,30)/p-1/b17-11+. The van der Waals surface area contributed by atoms with Crippen LogP contribution in [-0.4, -0.2) is 23.8 Å². The number of benzene rings is 2. The quantitative estimate of drug-likeness (QED) is 0.453. The van der Waals surface area contributed by atoms with Crippen LogP contribution in [0, 0.1) is 0 Å². The van der Waals surface area contributed by atoms with Gasteiger partial charge in [0.15, 0.2) is 0 Å². The van der Waals surface area contributed by atoms with Crippen LogP contribution in [0.4, 0.5) is 10.5 Å². The zero-order valence-electron chi connectivity index (χ0n) is 15.6. The minimum absolute atomic E-state index is 0.0606. The fraction of sp³-hybridized carbons (Fsp3) is 0. The molecule has 0 spiro atoms. The maximum Gasteiger partial charge on any atom is 0.335 e. The molecular formula is C22H12BrN2O6-. The molecule has 2 heterocycles. The van der Waals surface area contributed by atoms with Crippen LogP contribution in [0.25, 0.3) is 17.4 Å². The molecule has 0 saturated carbocycles. The van der Waals surface area contributed by atoms with Crippen LogP contribution in [0.15, 0.2) is 75.1 Å². The summed E-state index contributed by atoms with van der Waals surface area (Å²) >= 11 is 3.28. The van der Waals surface area contributed by atoms with Crippen LogP contribution < -0.4 is 15.3 Å². The first kappa shape index (κ1) is 20.3. The number of aromatic carboxylic acids is 1. The van der Waals surface area contributed by atoms with Crippen molar-refractivity contribution in [3.8, 4) is 11.3 Å². The van der Waals surface area contributed by atoms with E-state index in [0.717, 1.165) is 9.37 Å². The van der Waals surface area contributed by atoms with E-state index in [9.17, 15) is 24.3 Å². The Balaban J connectivity index is 1.69. The van der Waals surface area contributed by atoms with E-state index in [1.807, 2.05) is 0 Å². The van der Waals surface area contributed by atoms with Crippen molar-refractivity contribution in [1.82, 2.24) is 5.32 Å². The lowest BCUT2D eigenvalue weighted by Gasteiger charge is -2.26. The molecule has 2 aromatic carbocycles. The van der Waals surface area contributed by atoms with Gasteiger partial charge in [0, 0.05) is 15.6 Å². The second-order valence-electron chi connectivity index (χ2n) is 6.47. The molecule has 1 aliphatic heterocycles. The largest absolute Gasteiger partial charge is 0.545 e. The summed E-state index contributed by atoms with van der Waals surface area (Å²) in [4.78, 5) is 49.6. The first-order chi connectivity index (χ1) is 14.8. The molecule has 8 nitrogen and oxygen atoms in total. The highest BCUT2D eigenvalue weighted by molar-refractivity contribution is 9.10. The molecule has 0 bridgehead atoms. The van der Waals surface area contributed by atoms with E-state index in [2.05, 4.69) is 21.2 Å². The van der Waals surface area contributed by atoms with E-state index in [1.54, 1.807) is 42.5 Å². The summed E-state index contributed by atoms with van der Waals surface area (Å²) in [6.07, 6.45) is 1.20. The van der Waals surface area contributed by atoms with E-state index < -0.39 is 23.8 Å². The minimum atomic E-state index is -1.36. The summed E-state index contributed by atoms with van der Waals surface area (Å²) in [6.45, 7) is 0. The molecule has 1 fully saturated rings. The number of rotatable bonds is 4. The molecule has 1 saturated heterocycles. The van der Waals surface area contributed by atoms with Crippen molar-refractivity contribution in [1.29, 1.82) is 0 Å². The maximum absolute atomic E-state index is 12.9. The van der Waals surface area contributed by atoms with Gasteiger partial charge < -0.3 is 14.3 Å². The number of carbonyl (C=O) groups excluding carboxylic acids is 4. The Labute approximate surface area is 183 Å². The third-order valence-corrected chi connectivity index (χ3v) is 5.04. The lowest BCUT2D eigenvalue weighted by molar-refractivity contribution is -0.255. The molecule has 4 amide bonds. The fourth-order valence-corrected chi connectivity index (χ4v) is 3.34. The molecule has 3 aromatic rings. The van der Waals surface area contributed by atoms with Crippen molar-refractivity contribution in [2.24, 2.45) is 0 Å². The molecule has 4 rings (SSSR count). The number of carboxylic acids is 1. The normalized spacial score (nSPS) is 15.3. The van der Waals surface area contributed by atoms with Gasteiger partial charge in [-0.1, -0.05) is 40.2 Å². The highest BCUT2D eigenvalue weighted by Gasteiger charge is 2.37. The Morgan fingerprint density at radius 1 is 1.00 bits per heavy atom. The Bertz CT molecular complexity index is 1260. The van der Waals surface area contributed by atoms with E-state index >= 15 is 0 Å². The van der Waals surface area contributed by atoms with Gasteiger partial charge in [-0.15, -0.1) is 0 Å². The number of barbiturate groups is 1. The Morgan fingerprint density at radius 2 is 1.71 bits per heavy atom. The van der Waals surface area contributed by atoms with Gasteiger partial charge in [-0.3, -0.25) is 14.9 Å². The van der Waals surface area contributed by atoms with Gasteiger partial charge in [0.05, 0.1) is 11.7 Å². The van der Waals surface area contributed by atoms with E-state index in [4.69, 9.17) is 4.42 Å². The lowest BCUT2D eigenvalue weighted by Crippen LogP contribution is -2.54. The van der Waals surface area contributed by atoms with Gasteiger partial charge in [0.1, 0.15) is 17.1 Å². The maximum atomic E-state index is 12.9. The molecule has 0 atom stereocenters. The lowest BCUT2D eigenvalue weighted by atomic mass is 10.1. The van der Waals surface area contributed by atoms with Crippen LogP contribution in [0.3, 0.4) is 0 Å². The van der Waals surface area contributed by atoms with Gasteiger partial charge in [-0.2, -0.15) is 0 Å². The van der Waals surface area contributed by atoms with Crippen LogP contribution in [0.5, 0.6) is 0 Å². The molecule has 1 N–H and O–H groups in total. The number of carboxylic acid groups (broad SMARTS) is 1. The molecule has 31 heavy (non-hydrogen) atoms. The van der Waals surface area contributed by atoms with E-state index in [1.165, 1.54) is 24.3 Å². The Hall–Kier alpha value is -3.98. The monoisotopic (exact) mass is 479 g/mol. The third kappa shape index (κ3) is 3.90. The predicted octanol–water partition coefficient (Wildman–Crippen LogP) is 2.74. The highest BCUT2D eigenvalue weighted by atomic mass is 79.9. The summed E-state index contributed by atoms with van der Waals surface area (Å²) in [5.41, 5.74) is 0.205. The number of furan rings is 1. The van der Waals surface area contributed by atoms with Crippen LogP contribution in [-0.2, 0) is 9.59 Å². The number of halogens is 1. The zero-order chi connectivity index (χ0) is 22.1. The molecule has 0 unspecified atom stereocenters. The first-order valence-electron chi connectivity index (χ1n) is 8.93. The van der Waals surface area contributed by atoms with Gasteiger partial charge in [0.2, 0.25) is 0 Å². The molecule has 154 valence electrons. The topological polar surface area (TPSA) is 120 Å². The SMILES string of the molecule is O=C1NC(=O)N(c2ccc(Br)cc2)C(=O)/C1=C/c1ccc(-c2ccccc2C(=O)[O-])o1. The zero-order valence-corrected chi connectivity index (χ0v) is 17.2. The summed E-state index contributed by atoms with van der Waals surface area (Å²) in [5, 5.41) is 13.5. The number of carbonyl (C=O) groups is 4. The fourth-order valence-electron chi connectivity index (χ4n) is 3.08. The van der Waals surface area contributed by atoms with Crippen molar-refractivity contribution >= 4 is 51.5 Å². The molecular weight excluding hydrogens is 468 g/mol. The first-order valence-corrected chi connectivity index (χ1v) is 9.72. The van der Waals surface area contributed by atoms with Crippen molar-refractivity contribution in [2.75, 3.05) is 4.90 Å². The number of nitrogens with one attached hydrogen (secondary N) is 1. The number of hydrogen-bond acceptors (Lipinski definition) is 6. The number of amides is 4. The van der Waals surface area contributed by atoms with Crippen molar-refractivity contribution < 1.29 is 28.7 Å². The van der Waals surface area contributed by atoms with E-state index in [-0.39, 0.29) is 28.3 Å². The highest BCUT2D eigenvalue weighted by Crippen LogP contribution is 2.28. The van der Waals surface area contributed by atoms with Gasteiger partial charge in [0.25, 0.3) is 11.8 Å². The average Bonchev–Trinajstić information content (AvgIpc) is 3.21. The summed E-state index contributed by atoms with van der Waals surface area (Å²) in [5.74, 6) is -2.69. The van der Waals surface area contributed by atoms with Crippen molar-refractivity contribution in [3.63, 3.8) is 0 Å². The predicted molar refractivity (Wildman–Crippen MR) is 112 cm³/mol. The summed E-state index contributed by atoms with van der Waals surface area (Å²) in [7, 11) is 0. The number of nitrogens with zero attached hydrogens (tertiary/aromatic N) is 1. The molecule has 1 aromatic heterocycles. The minimum Gasteiger partial charge on any atom is -0.545 e. The number of imide groups is 2.